The van der Waals surface area contributed by atoms with E-state index in [4.69, 9.17) is 0 Å². The third-order valence-corrected chi connectivity index (χ3v) is 3.77. The first-order chi connectivity index (χ1) is 10.0. The fourth-order valence-corrected chi connectivity index (χ4v) is 2.62. The average Bonchev–Trinajstić information content (AvgIpc) is 2.48. The van der Waals surface area contributed by atoms with Crippen LogP contribution in [0, 0.1) is 15.9 Å². The lowest BCUT2D eigenvalue weighted by atomic mass is 10.2. The molecule has 1 unspecified atom stereocenters. The minimum atomic E-state index is -1.27. The Morgan fingerprint density at radius 1 is 1.19 bits per heavy atom. The van der Waals surface area contributed by atoms with Gasteiger partial charge in [-0.05, 0) is 34.9 Å². The van der Waals surface area contributed by atoms with Crippen LogP contribution in [0.15, 0.2) is 53.9 Å². The van der Waals surface area contributed by atoms with Crippen molar-refractivity contribution >= 4 is 22.9 Å². The van der Waals surface area contributed by atoms with E-state index < -0.39 is 16.1 Å². The van der Waals surface area contributed by atoms with E-state index >= 15 is 0 Å². The maximum Gasteiger partial charge on any atom is 0.270 e. The Labute approximate surface area is 124 Å². The van der Waals surface area contributed by atoms with Gasteiger partial charge in [-0.1, -0.05) is 24.3 Å². The molecule has 6 heteroatoms. The maximum atomic E-state index is 12.8. The summed E-state index contributed by atoms with van der Waals surface area (Å²) >= 11 is -1.27. The van der Waals surface area contributed by atoms with Crippen molar-refractivity contribution in [3.8, 4) is 0 Å². The van der Waals surface area contributed by atoms with E-state index in [1.165, 1.54) is 29.7 Å². The van der Waals surface area contributed by atoms with Crippen LogP contribution in [0.2, 0.25) is 0 Å². The zero-order valence-corrected chi connectivity index (χ0v) is 11.8. The van der Waals surface area contributed by atoms with Gasteiger partial charge in [0.2, 0.25) is 0 Å². The number of benzene rings is 2. The summed E-state index contributed by atoms with van der Waals surface area (Å²) in [7, 11) is 0. The van der Waals surface area contributed by atoms with Crippen LogP contribution in [0.25, 0.3) is 6.08 Å². The summed E-state index contributed by atoms with van der Waals surface area (Å²) < 4.78 is 24.6. The molecule has 0 radical (unpaired) electrons. The van der Waals surface area contributed by atoms with Gasteiger partial charge in [0.05, 0.1) is 4.92 Å². The number of halogens is 1. The lowest BCUT2D eigenvalue weighted by Gasteiger charge is -2.05. The predicted octanol–water partition coefficient (Wildman–Crippen LogP) is 3.65. The quantitative estimate of drug-likeness (QED) is 0.481. The van der Waals surface area contributed by atoms with E-state index in [9.17, 15) is 19.1 Å². The van der Waals surface area contributed by atoms with Crippen LogP contribution in [0.3, 0.4) is 0 Å². The number of hydrogen-bond acceptors (Lipinski definition) is 3. The lowest BCUT2D eigenvalue weighted by molar-refractivity contribution is -0.384. The highest BCUT2D eigenvalue weighted by molar-refractivity contribution is 7.93. The molecule has 4 nitrogen and oxygen atoms in total. The summed E-state index contributed by atoms with van der Waals surface area (Å²) in [5.74, 6) is -0.0669. The molecule has 1 atom stereocenters. The first kappa shape index (κ1) is 15.2. The Balaban J connectivity index is 2.01. The molecule has 0 aliphatic heterocycles. The van der Waals surface area contributed by atoms with Crippen LogP contribution in [0.4, 0.5) is 10.1 Å². The van der Waals surface area contributed by atoms with Crippen molar-refractivity contribution in [2.45, 2.75) is 5.75 Å². The van der Waals surface area contributed by atoms with Crippen molar-refractivity contribution in [3.63, 3.8) is 0 Å². The Kier molecular flexibility index (Phi) is 5.08. The molecular formula is C15H12FNO3S. The molecule has 0 aromatic heterocycles. The van der Waals surface area contributed by atoms with E-state index in [1.54, 1.807) is 30.3 Å². The normalized spacial score (nSPS) is 12.5. The molecule has 0 aliphatic rings. The van der Waals surface area contributed by atoms with Crippen LogP contribution in [-0.2, 0) is 16.9 Å². The fraction of sp³-hybridized carbons (Fsp3) is 0.0667. The standard InChI is InChI=1S/C15H12FNO3S/c16-14-6-4-13(5-7-14)11-21(20)9-8-12-2-1-3-15(10-12)17(18)19/h1-10H,11H2. The smallest absolute Gasteiger partial charge is 0.270 e. The van der Waals surface area contributed by atoms with Crippen LogP contribution in [-0.4, -0.2) is 9.48 Å². The Morgan fingerprint density at radius 2 is 1.90 bits per heavy atom. The number of nitro benzene ring substituents is 1. The molecular weight excluding hydrogens is 293 g/mol. The molecule has 2 rings (SSSR count). The van der Waals surface area contributed by atoms with E-state index in [0.29, 0.717) is 5.56 Å². The van der Waals surface area contributed by atoms with Crippen LogP contribution in [0.5, 0.6) is 0 Å². The molecule has 0 fully saturated rings. The minimum absolute atomic E-state index is 0.0125. The van der Waals surface area contributed by atoms with Gasteiger partial charge < -0.3 is 4.55 Å². The largest absolute Gasteiger partial charge is 0.612 e. The maximum absolute atomic E-state index is 12.8. The highest BCUT2D eigenvalue weighted by Crippen LogP contribution is 2.16. The van der Waals surface area contributed by atoms with Crippen molar-refractivity contribution < 1.29 is 13.9 Å². The molecule has 2 aromatic rings. The van der Waals surface area contributed by atoms with Crippen molar-refractivity contribution in [1.29, 1.82) is 0 Å². The van der Waals surface area contributed by atoms with Gasteiger partial charge in [-0.15, -0.1) is 0 Å². The molecule has 0 bridgehead atoms. The highest BCUT2D eigenvalue weighted by atomic mass is 32.2. The van der Waals surface area contributed by atoms with Gasteiger partial charge in [-0.2, -0.15) is 0 Å². The van der Waals surface area contributed by atoms with Gasteiger partial charge in [-0.25, -0.2) is 4.39 Å². The third-order valence-electron chi connectivity index (χ3n) is 2.72. The summed E-state index contributed by atoms with van der Waals surface area (Å²) in [6.07, 6.45) is 1.58. The second kappa shape index (κ2) is 7.01. The van der Waals surface area contributed by atoms with Crippen molar-refractivity contribution in [2.75, 3.05) is 0 Å². The molecule has 21 heavy (non-hydrogen) atoms. The van der Waals surface area contributed by atoms with Gasteiger partial charge in [-0.3, -0.25) is 10.1 Å². The van der Waals surface area contributed by atoms with Gasteiger partial charge in [0.25, 0.3) is 5.69 Å². The summed E-state index contributed by atoms with van der Waals surface area (Å²) in [4.78, 5) is 10.2. The first-order valence-corrected chi connectivity index (χ1v) is 7.47. The highest BCUT2D eigenvalue weighted by Gasteiger charge is 2.06. The van der Waals surface area contributed by atoms with Crippen LogP contribution in [0.1, 0.15) is 11.1 Å². The Hall–Kier alpha value is -2.18. The number of nitrogens with zero attached hydrogens (tertiary/aromatic N) is 1. The number of hydrogen-bond donors (Lipinski definition) is 0. The molecule has 2 aromatic carbocycles. The Morgan fingerprint density at radius 3 is 2.57 bits per heavy atom. The van der Waals surface area contributed by atoms with E-state index in [2.05, 4.69) is 0 Å². The molecule has 0 heterocycles. The van der Waals surface area contributed by atoms with Crippen LogP contribution >= 0.6 is 0 Å². The summed E-state index contributed by atoms with van der Waals surface area (Å²) in [6.45, 7) is 0. The summed E-state index contributed by atoms with van der Waals surface area (Å²) in [6, 6.07) is 11.9. The number of non-ortho nitro benzene ring substituents is 1. The fourth-order valence-electron chi connectivity index (χ4n) is 1.69. The van der Waals surface area contributed by atoms with Gasteiger partial charge >= 0.3 is 0 Å². The van der Waals surface area contributed by atoms with Crippen molar-refractivity contribution in [1.82, 2.24) is 0 Å². The molecule has 0 saturated carbocycles. The molecule has 0 aliphatic carbocycles. The van der Waals surface area contributed by atoms with E-state index in [1.807, 2.05) is 0 Å². The molecule has 0 saturated heterocycles. The predicted molar refractivity (Wildman–Crippen MR) is 80.4 cm³/mol. The van der Waals surface area contributed by atoms with Crippen molar-refractivity contribution in [3.05, 3.63) is 81.0 Å². The van der Waals surface area contributed by atoms with Gasteiger partial charge in [0, 0.05) is 17.7 Å². The van der Waals surface area contributed by atoms with E-state index in [-0.39, 0.29) is 17.3 Å². The monoisotopic (exact) mass is 305 g/mol. The minimum Gasteiger partial charge on any atom is -0.612 e. The summed E-state index contributed by atoms with van der Waals surface area (Å²) in [5, 5.41) is 12.1. The topological polar surface area (TPSA) is 66.2 Å². The molecule has 0 spiro atoms. The van der Waals surface area contributed by atoms with Crippen LogP contribution < -0.4 is 0 Å². The lowest BCUT2D eigenvalue weighted by Crippen LogP contribution is -2.00. The van der Waals surface area contributed by atoms with Gasteiger partial charge in [0.1, 0.15) is 17.0 Å². The third kappa shape index (κ3) is 4.70. The molecule has 108 valence electrons. The zero-order chi connectivity index (χ0) is 15.2. The molecule has 0 amide bonds. The molecule has 0 N–H and O–H groups in total. The van der Waals surface area contributed by atoms with Gasteiger partial charge in [0.15, 0.2) is 0 Å². The second-order valence-corrected chi connectivity index (χ2v) is 5.63. The van der Waals surface area contributed by atoms with E-state index in [0.717, 1.165) is 5.56 Å². The number of nitro groups is 1. The van der Waals surface area contributed by atoms with Crippen molar-refractivity contribution in [2.24, 2.45) is 0 Å². The average molecular weight is 305 g/mol. The SMILES string of the molecule is O=[N+]([O-])c1cccc(C=C[S+]([O-])Cc2ccc(F)cc2)c1. The zero-order valence-electron chi connectivity index (χ0n) is 10.9. The second-order valence-electron chi connectivity index (χ2n) is 4.31. The summed E-state index contributed by atoms with van der Waals surface area (Å²) in [5.41, 5.74) is 1.36. The number of rotatable bonds is 5. The Bertz CT molecular complexity index is 658. The first-order valence-electron chi connectivity index (χ1n) is 6.09.